The minimum atomic E-state index is -0.360. The van der Waals surface area contributed by atoms with Crippen LogP contribution < -0.4 is 4.90 Å². The van der Waals surface area contributed by atoms with Crippen molar-refractivity contribution in [2.45, 2.75) is 57.6 Å². The second-order valence-electron chi connectivity index (χ2n) is 9.73. The average Bonchev–Trinajstić information content (AvgIpc) is 3.24. The number of rotatable bonds is 7. The number of aliphatic hydroxyl groups excluding tert-OH is 1. The number of carbonyl (C=O) groups is 1. The molecule has 0 aliphatic carbocycles. The van der Waals surface area contributed by atoms with E-state index in [1.54, 1.807) is 0 Å². The Labute approximate surface area is 196 Å². The zero-order chi connectivity index (χ0) is 22.1. The molecule has 0 spiro atoms. The summed E-state index contributed by atoms with van der Waals surface area (Å²) in [6.45, 7) is 4.20. The summed E-state index contributed by atoms with van der Waals surface area (Å²) >= 11 is 6.10. The summed E-state index contributed by atoms with van der Waals surface area (Å²) in [7, 11) is 0. The lowest BCUT2D eigenvalue weighted by atomic mass is 9.89. The average molecular weight is 453 g/mol. The van der Waals surface area contributed by atoms with Crippen molar-refractivity contribution in [2.24, 2.45) is 5.92 Å². The number of carbonyl (C=O) groups excluding carboxylic acids is 1. The van der Waals surface area contributed by atoms with Crippen LogP contribution in [-0.4, -0.2) is 48.2 Å². The van der Waals surface area contributed by atoms with Gasteiger partial charge in [0.2, 0.25) is 0 Å². The molecule has 4 nitrogen and oxygen atoms in total. The summed E-state index contributed by atoms with van der Waals surface area (Å²) in [5.41, 5.74) is 5.89. The maximum atomic E-state index is 13.0. The molecule has 1 unspecified atom stereocenters. The van der Waals surface area contributed by atoms with Crippen LogP contribution >= 0.6 is 11.6 Å². The molecule has 32 heavy (non-hydrogen) atoms. The van der Waals surface area contributed by atoms with Crippen molar-refractivity contribution >= 4 is 23.1 Å². The molecule has 3 aliphatic heterocycles. The van der Waals surface area contributed by atoms with E-state index in [2.05, 4.69) is 34.1 Å². The van der Waals surface area contributed by atoms with Crippen LogP contribution in [0.5, 0.6) is 0 Å². The van der Waals surface area contributed by atoms with Crippen LogP contribution in [0.1, 0.15) is 59.2 Å². The quantitative estimate of drug-likeness (QED) is 0.608. The number of ketones is 1. The molecule has 1 atom stereocenters. The van der Waals surface area contributed by atoms with Gasteiger partial charge in [0.15, 0.2) is 5.78 Å². The highest BCUT2D eigenvalue weighted by atomic mass is 35.5. The van der Waals surface area contributed by atoms with Gasteiger partial charge in [0, 0.05) is 35.8 Å². The van der Waals surface area contributed by atoms with Crippen molar-refractivity contribution < 1.29 is 9.90 Å². The lowest BCUT2D eigenvalue weighted by Gasteiger charge is -2.32. The third kappa shape index (κ3) is 4.73. The second kappa shape index (κ2) is 9.54. The summed E-state index contributed by atoms with van der Waals surface area (Å²) in [5, 5.41) is 11.0. The van der Waals surface area contributed by atoms with Crippen LogP contribution in [0, 0.1) is 5.92 Å². The molecule has 2 aromatic rings. The Kier molecular flexibility index (Phi) is 6.54. The van der Waals surface area contributed by atoms with E-state index in [1.807, 2.05) is 12.1 Å². The first-order valence-corrected chi connectivity index (χ1v) is 12.5. The monoisotopic (exact) mass is 452 g/mol. The molecule has 1 saturated heterocycles. The molecule has 0 saturated carbocycles. The van der Waals surface area contributed by atoms with Gasteiger partial charge in [-0.25, -0.2) is 0 Å². The number of benzene rings is 2. The molecule has 5 heteroatoms. The van der Waals surface area contributed by atoms with E-state index in [9.17, 15) is 9.90 Å². The van der Waals surface area contributed by atoms with Gasteiger partial charge >= 0.3 is 0 Å². The molecule has 1 N–H and O–H groups in total. The van der Waals surface area contributed by atoms with E-state index >= 15 is 0 Å². The molecule has 5 rings (SSSR count). The number of anilines is 1. The number of aliphatic hydroxyl groups is 1. The summed E-state index contributed by atoms with van der Waals surface area (Å²) in [4.78, 5) is 17.6. The Morgan fingerprint density at radius 1 is 1.03 bits per heavy atom. The number of halogens is 1. The maximum Gasteiger partial charge on any atom is 0.162 e. The Morgan fingerprint density at radius 2 is 1.81 bits per heavy atom. The molecule has 3 aliphatic rings. The van der Waals surface area contributed by atoms with Gasteiger partial charge in [-0.3, -0.25) is 4.79 Å². The largest absolute Gasteiger partial charge is 0.374 e. The topological polar surface area (TPSA) is 43.8 Å². The highest BCUT2D eigenvalue weighted by Crippen LogP contribution is 2.39. The van der Waals surface area contributed by atoms with Crippen molar-refractivity contribution in [3.05, 3.63) is 63.7 Å². The summed E-state index contributed by atoms with van der Waals surface area (Å²) < 4.78 is 0. The number of aryl methyl sites for hydroxylation is 1. The molecule has 0 radical (unpaired) electrons. The van der Waals surface area contributed by atoms with Crippen LogP contribution in [-0.2, 0) is 19.3 Å². The van der Waals surface area contributed by atoms with Crippen molar-refractivity contribution in [3.63, 3.8) is 0 Å². The lowest BCUT2D eigenvalue weighted by Crippen LogP contribution is -2.37. The first kappa shape index (κ1) is 21.9. The molecule has 0 bridgehead atoms. The van der Waals surface area contributed by atoms with E-state index in [0.29, 0.717) is 12.3 Å². The number of nitrogens with zero attached hydrogens (tertiary/aromatic N) is 2. The SMILES string of the molecule is O=C(CCC1CCN(CCc2cccc(Cl)c2)CC1)c1cc2c3c(c1)CCN3C(O)CC2. The molecular weight excluding hydrogens is 420 g/mol. The molecular formula is C27H33ClN2O2. The fourth-order valence-electron chi connectivity index (χ4n) is 5.72. The fraction of sp³-hybridized carbons (Fsp3) is 0.519. The second-order valence-corrected chi connectivity index (χ2v) is 10.2. The van der Waals surface area contributed by atoms with Gasteiger partial charge < -0.3 is 14.9 Å². The normalized spacial score (nSPS) is 21.1. The molecule has 1 fully saturated rings. The standard InChI is InChI=1S/C27H33ClN2O2/c28-24-3-1-2-20(16-24)10-14-29-12-8-19(9-13-29)4-6-25(31)23-17-21-5-7-26(32)30-15-11-22(18-23)27(21)30/h1-3,16-19,26,32H,4-15H2. The van der Waals surface area contributed by atoms with Gasteiger partial charge in [0.25, 0.3) is 0 Å². The van der Waals surface area contributed by atoms with Crippen LogP contribution in [0.3, 0.4) is 0 Å². The zero-order valence-electron chi connectivity index (χ0n) is 18.7. The van der Waals surface area contributed by atoms with E-state index < -0.39 is 0 Å². The Morgan fingerprint density at radius 3 is 2.59 bits per heavy atom. The third-order valence-electron chi connectivity index (χ3n) is 7.62. The van der Waals surface area contributed by atoms with Crippen LogP contribution in [0.2, 0.25) is 5.02 Å². The number of likely N-dealkylation sites (tertiary alicyclic amines) is 1. The van der Waals surface area contributed by atoms with Crippen LogP contribution in [0.15, 0.2) is 36.4 Å². The fourth-order valence-corrected chi connectivity index (χ4v) is 5.93. The van der Waals surface area contributed by atoms with Crippen molar-refractivity contribution in [2.75, 3.05) is 31.1 Å². The minimum Gasteiger partial charge on any atom is -0.374 e. The molecule has 0 aromatic heterocycles. The van der Waals surface area contributed by atoms with Gasteiger partial charge in [-0.2, -0.15) is 0 Å². The Bertz CT molecular complexity index is 984. The van der Waals surface area contributed by atoms with Crippen molar-refractivity contribution in [1.29, 1.82) is 0 Å². The first-order valence-electron chi connectivity index (χ1n) is 12.2. The van der Waals surface area contributed by atoms with Crippen molar-refractivity contribution in [1.82, 2.24) is 4.90 Å². The number of hydrogen-bond acceptors (Lipinski definition) is 4. The number of piperidine rings is 1. The van der Waals surface area contributed by atoms with Gasteiger partial charge in [-0.15, -0.1) is 0 Å². The van der Waals surface area contributed by atoms with Crippen LogP contribution in [0.4, 0.5) is 5.69 Å². The van der Waals surface area contributed by atoms with E-state index in [4.69, 9.17) is 11.6 Å². The molecule has 2 aromatic carbocycles. The van der Waals surface area contributed by atoms with Crippen molar-refractivity contribution in [3.8, 4) is 0 Å². The van der Waals surface area contributed by atoms with Gasteiger partial charge in [0.1, 0.15) is 6.23 Å². The number of hydrogen-bond donors (Lipinski definition) is 1. The Balaban J connectivity index is 1.10. The third-order valence-corrected chi connectivity index (χ3v) is 7.86. The van der Waals surface area contributed by atoms with Gasteiger partial charge in [-0.1, -0.05) is 23.7 Å². The lowest BCUT2D eigenvalue weighted by molar-refractivity contribution is 0.0962. The summed E-state index contributed by atoms with van der Waals surface area (Å²) in [6, 6.07) is 12.4. The summed E-state index contributed by atoms with van der Waals surface area (Å²) in [5.74, 6) is 0.941. The zero-order valence-corrected chi connectivity index (χ0v) is 19.5. The maximum absolute atomic E-state index is 13.0. The van der Waals surface area contributed by atoms with E-state index in [0.717, 1.165) is 68.9 Å². The summed E-state index contributed by atoms with van der Waals surface area (Å²) in [6.07, 6.45) is 7.27. The smallest absolute Gasteiger partial charge is 0.162 e. The van der Waals surface area contributed by atoms with E-state index in [1.165, 1.54) is 35.2 Å². The van der Waals surface area contributed by atoms with E-state index in [-0.39, 0.29) is 12.0 Å². The van der Waals surface area contributed by atoms with Crippen LogP contribution in [0.25, 0.3) is 0 Å². The first-order chi connectivity index (χ1) is 15.6. The Hall–Kier alpha value is -1.88. The molecule has 0 amide bonds. The minimum absolute atomic E-state index is 0.289. The highest BCUT2D eigenvalue weighted by Gasteiger charge is 2.32. The van der Waals surface area contributed by atoms with Gasteiger partial charge in [-0.05, 0) is 105 Å². The molecule has 170 valence electrons. The molecule has 3 heterocycles. The predicted molar refractivity (Wildman–Crippen MR) is 130 cm³/mol. The number of Topliss-reactive ketones (excluding diaryl/α,β-unsaturated/α-hetero) is 1. The highest BCUT2D eigenvalue weighted by molar-refractivity contribution is 6.30. The van der Waals surface area contributed by atoms with Gasteiger partial charge in [0.05, 0.1) is 0 Å². The predicted octanol–water partition coefficient (Wildman–Crippen LogP) is 4.88.